The smallest absolute Gasteiger partial charge is 0.241 e. The van der Waals surface area contributed by atoms with Crippen LogP contribution in [-0.2, 0) is 26.2 Å². The second-order valence-corrected chi connectivity index (χ2v) is 13.2. The number of nitrogens with one attached hydrogen (secondary N) is 2. The highest BCUT2D eigenvalue weighted by molar-refractivity contribution is 7.92. The Balaban J connectivity index is 2.29. The van der Waals surface area contributed by atoms with E-state index in [1.54, 1.807) is 12.5 Å². The number of aliphatic hydroxyl groups excluding tert-OH is 1. The quantitative estimate of drug-likeness (QED) is 0.428. The average Bonchev–Trinajstić information content (AvgIpc) is 2.64. The summed E-state index contributed by atoms with van der Waals surface area (Å²) >= 11 is 0. The van der Waals surface area contributed by atoms with Gasteiger partial charge in [0.25, 0.3) is 0 Å². The second-order valence-electron chi connectivity index (χ2n) is 8.90. The van der Waals surface area contributed by atoms with Crippen LogP contribution in [0.3, 0.4) is 0 Å². The first-order chi connectivity index (χ1) is 15.2. The normalized spacial score (nSPS) is 14.1. The van der Waals surface area contributed by atoms with Crippen molar-refractivity contribution in [3.8, 4) is 0 Å². The van der Waals surface area contributed by atoms with E-state index in [9.17, 15) is 17.7 Å². The molecule has 0 bridgehead atoms. The van der Waals surface area contributed by atoms with Crippen LogP contribution in [0.15, 0.2) is 28.6 Å². The van der Waals surface area contributed by atoms with Gasteiger partial charge in [0, 0.05) is 28.7 Å². The summed E-state index contributed by atoms with van der Waals surface area (Å²) in [7, 11) is -5.81. The molecule has 0 amide bonds. The van der Waals surface area contributed by atoms with E-state index in [1.807, 2.05) is 45.0 Å². The van der Waals surface area contributed by atoms with Crippen molar-refractivity contribution < 1.29 is 17.7 Å². The zero-order chi connectivity index (χ0) is 24.8. The van der Waals surface area contributed by atoms with Crippen molar-refractivity contribution in [2.45, 2.75) is 45.6 Å². The first-order valence-corrected chi connectivity index (χ1v) is 14.8. The van der Waals surface area contributed by atoms with E-state index in [4.69, 9.17) is 0 Å². The van der Waals surface area contributed by atoms with E-state index >= 15 is 0 Å². The van der Waals surface area contributed by atoms with Gasteiger partial charge in [0.1, 0.15) is 5.82 Å². The van der Waals surface area contributed by atoms with Crippen LogP contribution in [-0.4, -0.2) is 64.1 Å². The topological polar surface area (TPSA) is 147 Å². The number of rotatable bonds is 11. The minimum atomic E-state index is -3.58. The molecule has 0 spiro atoms. The van der Waals surface area contributed by atoms with Crippen LogP contribution >= 0.6 is 0 Å². The molecule has 2 atom stereocenters. The number of aliphatic hydroxyl groups is 1. The fraction of sp³-hybridized carbons (Fsp3) is 0.571. The number of hydrogen-bond donors (Lipinski definition) is 3. The molecule has 2 rings (SSSR count). The first kappa shape index (κ1) is 26.9. The molecule has 10 nitrogen and oxygen atoms in total. The minimum Gasteiger partial charge on any atom is -0.394 e. The highest BCUT2D eigenvalue weighted by atomic mass is 32.2. The Morgan fingerprint density at radius 2 is 1.58 bits per heavy atom. The van der Waals surface area contributed by atoms with Crippen molar-refractivity contribution in [3.05, 3.63) is 35.7 Å². The Morgan fingerprint density at radius 1 is 0.970 bits per heavy atom. The molecule has 184 valence electrons. The van der Waals surface area contributed by atoms with Gasteiger partial charge in [-0.15, -0.1) is 0 Å². The van der Waals surface area contributed by atoms with Gasteiger partial charge >= 0.3 is 0 Å². The van der Waals surface area contributed by atoms with E-state index in [0.29, 0.717) is 30.3 Å². The molecule has 2 aromatic rings. The summed E-state index contributed by atoms with van der Waals surface area (Å²) in [6.07, 6.45) is 5.32. The first-order valence-electron chi connectivity index (χ1n) is 10.6. The summed E-state index contributed by atoms with van der Waals surface area (Å²) in [5.41, 5.74) is 1.65. The molecule has 0 radical (unpaired) electrons. The van der Waals surface area contributed by atoms with Crippen LogP contribution in [0.25, 0.3) is 0 Å². The van der Waals surface area contributed by atoms with E-state index in [2.05, 4.69) is 29.4 Å². The molecule has 2 unspecified atom stereocenters. The molecule has 1 aromatic heterocycles. The Labute approximate surface area is 196 Å². The highest BCUT2D eigenvalue weighted by Crippen LogP contribution is 2.23. The van der Waals surface area contributed by atoms with Gasteiger partial charge in [-0.3, -0.25) is 4.72 Å². The third kappa shape index (κ3) is 10.0. The highest BCUT2D eigenvalue weighted by Gasteiger charge is 2.17. The Kier molecular flexibility index (Phi) is 9.15. The lowest BCUT2D eigenvalue weighted by Crippen LogP contribution is -2.27. The second kappa shape index (κ2) is 11.2. The third-order valence-corrected chi connectivity index (χ3v) is 5.75. The zero-order valence-corrected chi connectivity index (χ0v) is 21.6. The lowest BCUT2D eigenvalue weighted by Gasteiger charge is -2.19. The van der Waals surface area contributed by atoms with Crippen molar-refractivity contribution in [3.63, 3.8) is 0 Å². The summed E-state index contributed by atoms with van der Waals surface area (Å²) in [5.74, 6) is 0.887. The van der Waals surface area contributed by atoms with Crippen LogP contribution in [0, 0.1) is 5.92 Å². The maximum absolute atomic E-state index is 11.9. The molecule has 1 heterocycles. The number of aromatic nitrogens is 3. The molecular weight excluding hydrogens is 464 g/mol. The summed E-state index contributed by atoms with van der Waals surface area (Å²) in [4.78, 5) is 12.9. The zero-order valence-electron chi connectivity index (χ0n) is 19.9. The number of sulfonamides is 1. The number of benzene rings is 1. The fourth-order valence-electron chi connectivity index (χ4n) is 3.23. The number of hydrogen-bond acceptors (Lipinski definition) is 9. The molecule has 0 saturated heterocycles. The van der Waals surface area contributed by atoms with Crippen LogP contribution in [0.4, 0.5) is 17.6 Å². The fourth-order valence-corrected chi connectivity index (χ4v) is 4.28. The Hall–Kier alpha value is -2.31. The van der Waals surface area contributed by atoms with Gasteiger partial charge < -0.3 is 10.4 Å². The van der Waals surface area contributed by atoms with E-state index in [1.165, 1.54) is 0 Å². The SMILES string of the molecule is CC(C)CC(CO)Nc1nc(CC(C)c2ccc(N=S(C)(C)=O)cc2)nc(NS(C)(=O)=O)n1. The third-order valence-electron chi connectivity index (χ3n) is 4.54. The lowest BCUT2D eigenvalue weighted by molar-refractivity contribution is 0.259. The maximum Gasteiger partial charge on any atom is 0.241 e. The predicted octanol–water partition coefficient (Wildman–Crippen LogP) is 2.77. The van der Waals surface area contributed by atoms with Gasteiger partial charge in [-0.25, -0.2) is 12.6 Å². The van der Waals surface area contributed by atoms with Crippen LogP contribution < -0.4 is 10.0 Å². The molecular formula is C21H34N6O4S2. The Morgan fingerprint density at radius 3 is 2.09 bits per heavy atom. The van der Waals surface area contributed by atoms with E-state index in [-0.39, 0.29) is 30.5 Å². The lowest BCUT2D eigenvalue weighted by atomic mass is 9.97. The molecule has 3 N–H and O–H groups in total. The van der Waals surface area contributed by atoms with Crippen molar-refractivity contribution >= 4 is 37.3 Å². The van der Waals surface area contributed by atoms with Gasteiger partial charge in [-0.05, 0) is 36.0 Å². The maximum atomic E-state index is 11.9. The van der Waals surface area contributed by atoms with E-state index < -0.39 is 19.8 Å². The standard InChI is InChI=1S/C21H34N6O4S2/c1-14(2)11-18(13-28)22-20-23-19(24-21(25-20)27-33(6,30)31)12-15(3)16-7-9-17(10-8-16)26-32(4,5)29/h7-10,14-15,18,28H,11-13H2,1-6H3,(H2,22,23,24,25,27). The summed E-state index contributed by atoms with van der Waals surface area (Å²) < 4.78 is 41.8. The summed E-state index contributed by atoms with van der Waals surface area (Å²) in [6, 6.07) is 7.18. The van der Waals surface area contributed by atoms with Gasteiger partial charge in [-0.1, -0.05) is 32.9 Å². The largest absolute Gasteiger partial charge is 0.394 e. The molecule has 0 aliphatic carbocycles. The summed E-state index contributed by atoms with van der Waals surface area (Å²) in [6.45, 7) is 5.98. The molecule has 0 fully saturated rings. The number of anilines is 2. The van der Waals surface area contributed by atoms with Gasteiger partial charge in [0.2, 0.25) is 21.9 Å². The molecule has 0 aliphatic rings. The molecule has 12 heteroatoms. The van der Waals surface area contributed by atoms with Crippen LogP contribution in [0.2, 0.25) is 0 Å². The molecule has 33 heavy (non-hydrogen) atoms. The summed E-state index contributed by atoms with van der Waals surface area (Å²) in [5, 5.41) is 12.8. The molecule has 0 saturated carbocycles. The van der Waals surface area contributed by atoms with Gasteiger partial charge in [-0.2, -0.15) is 19.3 Å². The van der Waals surface area contributed by atoms with Crippen molar-refractivity contribution in [1.29, 1.82) is 0 Å². The molecule has 0 aliphatic heterocycles. The average molecular weight is 499 g/mol. The van der Waals surface area contributed by atoms with E-state index in [0.717, 1.165) is 11.8 Å². The number of nitrogens with zero attached hydrogens (tertiary/aromatic N) is 4. The van der Waals surface area contributed by atoms with Crippen LogP contribution in [0.1, 0.15) is 44.5 Å². The monoisotopic (exact) mass is 498 g/mol. The van der Waals surface area contributed by atoms with Gasteiger partial charge in [0.05, 0.1) is 24.6 Å². The van der Waals surface area contributed by atoms with Crippen molar-refractivity contribution in [2.75, 3.05) is 35.4 Å². The van der Waals surface area contributed by atoms with Crippen molar-refractivity contribution in [2.24, 2.45) is 10.3 Å². The minimum absolute atomic E-state index is 0.0114. The Bertz CT molecular complexity index is 1150. The predicted molar refractivity (Wildman–Crippen MR) is 133 cm³/mol. The van der Waals surface area contributed by atoms with Crippen LogP contribution in [0.5, 0.6) is 0 Å². The van der Waals surface area contributed by atoms with Crippen molar-refractivity contribution in [1.82, 2.24) is 15.0 Å². The molecule has 1 aromatic carbocycles. The van der Waals surface area contributed by atoms with Gasteiger partial charge in [0.15, 0.2) is 0 Å².